The maximum absolute atomic E-state index is 12.6. The van der Waals surface area contributed by atoms with E-state index in [0.717, 1.165) is 24.8 Å². The van der Waals surface area contributed by atoms with E-state index in [1.807, 2.05) is 23.2 Å². The number of amides is 1. The molecule has 0 spiro atoms. The number of carbonyl (C=O) groups is 1. The normalized spacial score (nSPS) is 16.0. The highest BCUT2D eigenvalue weighted by Crippen LogP contribution is 2.30. The standard InChI is InChI=1S/C17H27N3O/c1-13(2)8-15(10-18)9-17(21)20(16-5-6-16)12-14-4-3-7-19-11-14/h3-4,7,11,13,15-16H,5-6,8-10,12,18H2,1-2H3. The molecule has 1 fully saturated rings. The van der Waals surface area contributed by atoms with Crippen molar-refractivity contribution in [2.45, 2.75) is 52.1 Å². The summed E-state index contributed by atoms with van der Waals surface area (Å²) in [6.07, 6.45) is 7.46. The first-order chi connectivity index (χ1) is 10.1. The molecule has 1 atom stereocenters. The lowest BCUT2D eigenvalue weighted by atomic mass is 9.93. The number of rotatable bonds is 8. The third-order valence-electron chi connectivity index (χ3n) is 3.99. The molecule has 4 heteroatoms. The molecule has 1 unspecified atom stereocenters. The Morgan fingerprint density at radius 3 is 2.76 bits per heavy atom. The Morgan fingerprint density at radius 1 is 1.48 bits per heavy atom. The number of nitrogens with two attached hydrogens (primary N) is 1. The Kier molecular flexibility index (Phi) is 5.74. The largest absolute Gasteiger partial charge is 0.335 e. The Bertz CT molecular complexity index is 443. The highest BCUT2D eigenvalue weighted by molar-refractivity contribution is 5.77. The molecule has 116 valence electrons. The fourth-order valence-corrected chi connectivity index (χ4v) is 2.79. The summed E-state index contributed by atoms with van der Waals surface area (Å²) in [6.45, 7) is 5.63. The van der Waals surface area contributed by atoms with Gasteiger partial charge < -0.3 is 10.6 Å². The first kappa shape index (κ1) is 16.0. The summed E-state index contributed by atoms with van der Waals surface area (Å²) in [5, 5.41) is 0. The first-order valence-corrected chi connectivity index (χ1v) is 7.98. The van der Waals surface area contributed by atoms with Gasteiger partial charge in [-0.15, -0.1) is 0 Å². The van der Waals surface area contributed by atoms with E-state index in [9.17, 15) is 4.79 Å². The van der Waals surface area contributed by atoms with E-state index in [1.54, 1.807) is 6.20 Å². The van der Waals surface area contributed by atoms with Gasteiger partial charge in [-0.2, -0.15) is 0 Å². The van der Waals surface area contributed by atoms with E-state index >= 15 is 0 Å². The van der Waals surface area contributed by atoms with E-state index in [2.05, 4.69) is 18.8 Å². The Balaban J connectivity index is 1.96. The summed E-state index contributed by atoms with van der Waals surface area (Å²) in [6, 6.07) is 4.38. The van der Waals surface area contributed by atoms with Crippen molar-refractivity contribution in [3.8, 4) is 0 Å². The van der Waals surface area contributed by atoms with Gasteiger partial charge in [0.25, 0.3) is 0 Å². The molecule has 1 saturated carbocycles. The van der Waals surface area contributed by atoms with Crippen LogP contribution < -0.4 is 5.73 Å². The van der Waals surface area contributed by atoms with Crippen LogP contribution in [0.1, 0.15) is 45.1 Å². The second-order valence-electron chi connectivity index (χ2n) is 6.55. The number of pyridine rings is 1. The molecule has 1 heterocycles. The van der Waals surface area contributed by atoms with Crippen LogP contribution in [0, 0.1) is 11.8 Å². The van der Waals surface area contributed by atoms with Crippen LogP contribution in [0.25, 0.3) is 0 Å². The van der Waals surface area contributed by atoms with Crippen LogP contribution in [-0.4, -0.2) is 28.4 Å². The summed E-state index contributed by atoms with van der Waals surface area (Å²) < 4.78 is 0. The molecule has 1 aliphatic rings. The van der Waals surface area contributed by atoms with Crippen molar-refractivity contribution in [2.75, 3.05) is 6.54 Å². The predicted molar refractivity (Wildman–Crippen MR) is 84.4 cm³/mol. The molecule has 21 heavy (non-hydrogen) atoms. The van der Waals surface area contributed by atoms with Crippen LogP contribution >= 0.6 is 0 Å². The molecule has 2 N–H and O–H groups in total. The SMILES string of the molecule is CC(C)CC(CN)CC(=O)N(Cc1cccnc1)C1CC1. The molecule has 2 rings (SSSR count). The quantitative estimate of drug-likeness (QED) is 0.800. The van der Waals surface area contributed by atoms with E-state index in [-0.39, 0.29) is 5.91 Å². The maximum atomic E-state index is 12.6. The number of hydrogen-bond donors (Lipinski definition) is 1. The number of aromatic nitrogens is 1. The molecule has 0 radical (unpaired) electrons. The van der Waals surface area contributed by atoms with Crippen LogP contribution in [0.3, 0.4) is 0 Å². The molecule has 1 aromatic rings. The minimum Gasteiger partial charge on any atom is -0.335 e. The molecule has 1 aromatic heterocycles. The number of nitrogens with zero attached hydrogens (tertiary/aromatic N) is 2. The van der Waals surface area contributed by atoms with E-state index < -0.39 is 0 Å². The maximum Gasteiger partial charge on any atom is 0.223 e. The average Bonchev–Trinajstić information content (AvgIpc) is 3.29. The Labute approximate surface area is 127 Å². The van der Waals surface area contributed by atoms with Gasteiger partial charge in [-0.1, -0.05) is 19.9 Å². The van der Waals surface area contributed by atoms with Gasteiger partial charge in [-0.25, -0.2) is 0 Å². The second-order valence-corrected chi connectivity index (χ2v) is 6.55. The van der Waals surface area contributed by atoms with E-state index in [1.165, 1.54) is 0 Å². The Hall–Kier alpha value is -1.42. The third kappa shape index (κ3) is 5.12. The van der Waals surface area contributed by atoms with Crippen LogP contribution in [0.4, 0.5) is 0 Å². The van der Waals surface area contributed by atoms with Crippen molar-refractivity contribution in [3.05, 3.63) is 30.1 Å². The number of hydrogen-bond acceptors (Lipinski definition) is 3. The lowest BCUT2D eigenvalue weighted by Crippen LogP contribution is -2.35. The van der Waals surface area contributed by atoms with Crippen molar-refractivity contribution in [1.82, 2.24) is 9.88 Å². The zero-order valence-corrected chi connectivity index (χ0v) is 13.2. The van der Waals surface area contributed by atoms with E-state index in [0.29, 0.717) is 37.4 Å². The summed E-state index contributed by atoms with van der Waals surface area (Å²) in [5.41, 5.74) is 6.94. The molecule has 0 saturated heterocycles. The van der Waals surface area contributed by atoms with Crippen LogP contribution in [0.5, 0.6) is 0 Å². The summed E-state index contributed by atoms with van der Waals surface area (Å²) in [4.78, 5) is 18.8. The lowest BCUT2D eigenvalue weighted by Gasteiger charge is -2.25. The smallest absolute Gasteiger partial charge is 0.223 e. The van der Waals surface area contributed by atoms with Gasteiger partial charge in [0.15, 0.2) is 0 Å². The highest BCUT2D eigenvalue weighted by atomic mass is 16.2. The molecule has 1 amide bonds. The van der Waals surface area contributed by atoms with Crippen LogP contribution in [-0.2, 0) is 11.3 Å². The minimum absolute atomic E-state index is 0.248. The van der Waals surface area contributed by atoms with Gasteiger partial charge in [-0.3, -0.25) is 9.78 Å². The molecule has 0 aliphatic heterocycles. The highest BCUT2D eigenvalue weighted by Gasteiger charge is 2.33. The van der Waals surface area contributed by atoms with Crippen LogP contribution in [0.2, 0.25) is 0 Å². The zero-order valence-electron chi connectivity index (χ0n) is 13.2. The van der Waals surface area contributed by atoms with Crippen LogP contribution in [0.15, 0.2) is 24.5 Å². The van der Waals surface area contributed by atoms with Crippen molar-refractivity contribution >= 4 is 5.91 Å². The topological polar surface area (TPSA) is 59.2 Å². The second kappa shape index (κ2) is 7.55. The lowest BCUT2D eigenvalue weighted by molar-refractivity contribution is -0.133. The van der Waals surface area contributed by atoms with Crippen molar-refractivity contribution < 1.29 is 4.79 Å². The third-order valence-corrected chi connectivity index (χ3v) is 3.99. The van der Waals surface area contributed by atoms with E-state index in [4.69, 9.17) is 5.73 Å². The van der Waals surface area contributed by atoms with Gasteiger partial charge in [0.05, 0.1) is 0 Å². The van der Waals surface area contributed by atoms with Crippen molar-refractivity contribution in [2.24, 2.45) is 17.6 Å². The molecule has 4 nitrogen and oxygen atoms in total. The Morgan fingerprint density at radius 2 is 2.24 bits per heavy atom. The summed E-state index contributed by atoms with van der Waals surface area (Å²) >= 11 is 0. The fourth-order valence-electron chi connectivity index (χ4n) is 2.79. The molecule has 0 bridgehead atoms. The van der Waals surface area contributed by atoms with Crippen molar-refractivity contribution in [3.63, 3.8) is 0 Å². The monoisotopic (exact) mass is 289 g/mol. The van der Waals surface area contributed by atoms with Gasteiger partial charge in [-0.05, 0) is 49.3 Å². The summed E-state index contributed by atoms with van der Waals surface area (Å²) in [5.74, 6) is 1.13. The van der Waals surface area contributed by atoms with Gasteiger partial charge in [0.2, 0.25) is 5.91 Å². The van der Waals surface area contributed by atoms with Crippen molar-refractivity contribution in [1.29, 1.82) is 0 Å². The fraction of sp³-hybridized carbons (Fsp3) is 0.647. The average molecular weight is 289 g/mol. The minimum atomic E-state index is 0.248. The predicted octanol–water partition coefficient (Wildman–Crippen LogP) is 2.58. The molecule has 0 aromatic carbocycles. The van der Waals surface area contributed by atoms with Gasteiger partial charge in [0, 0.05) is 31.4 Å². The zero-order chi connectivity index (χ0) is 15.2. The summed E-state index contributed by atoms with van der Waals surface area (Å²) in [7, 11) is 0. The first-order valence-electron chi connectivity index (χ1n) is 7.98. The van der Waals surface area contributed by atoms with Gasteiger partial charge in [0.1, 0.15) is 0 Å². The molecular weight excluding hydrogens is 262 g/mol. The molecular formula is C17H27N3O. The number of carbonyl (C=O) groups excluding carboxylic acids is 1. The molecule has 1 aliphatic carbocycles. The van der Waals surface area contributed by atoms with Gasteiger partial charge >= 0.3 is 0 Å².